The van der Waals surface area contributed by atoms with E-state index in [1.54, 1.807) is 0 Å². The standard InChI is InChI=1S/C13H9F6NO2S/c1-2-22-10(21)5-7-3-9(12(14,15)16)4-8(6-20)11(7)23-13(17,18)19/h3-4H,2,5H2,1H3. The quantitative estimate of drug-likeness (QED) is 0.458. The summed E-state index contributed by atoms with van der Waals surface area (Å²) in [5.74, 6) is -0.986. The first-order chi connectivity index (χ1) is 10.5. The number of halogens is 6. The van der Waals surface area contributed by atoms with Gasteiger partial charge < -0.3 is 4.74 Å². The molecule has 0 amide bonds. The minimum atomic E-state index is -4.86. The van der Waals surface area contributed by atoms with E-state index < -0.39 is 57.4 Å². The molecule has 0 aliphatic rings. The Hall–Kier alpha value is -1.89. The molecule has 0 aliphatic carbocycles. The maximum Gasteiger partial charge on any atom is 0.446 e. The number of rotatable bonds is 4. The van der Waals surface area contributed by atoms with Gasteiger partial charge in [0, 0.05) is 4.90 Å². The third kappa shape index (κ3) is 5.67. The Morgan fingerprint density at radius 2 is 1.87 bits per heavy atom. The summed E-state index contributed by atoms with van der Waals surface area (Å²) in [6.07, 6.45) is -5.67. The van der Waals surface area contributed by atoms with Crippen LogP contribution in [0.3, 0.4) is 0 Å². The fourth-order valence-electron chi connectivity index (χ4n) is 1.67. The van der Waals surface area contributed by atoms with Gasteiger partial charge in [0.05, 0.1) is 24.2 Å². The molecule has 0 radical (unpaired) electrons. The van der Waals surface area contributed by atoms with E-state index in [0.29, 0.717) is 12.1 Å². The molecule has 0 N–H and O–H groups in total. The van der Waals surface area contributed by atoms with Gasteiger partial charge in [-0.2, -0.15) is 31.6 Å². The van der Waals surface area contributed by atoms with Crippen molar-refractivity contribution < 1.29 is 35.9 Å². The number of hydrogen-bond donors (Lipinski definition) is 0. The monoisotopic (exact) mass is 357 g/mol. The number of carbonyl (C=O) groups excluding carboxylic acids is 1. The third-order valence-electron chi connectivity index (χ3n) is 2.47. The van der Waals surface area contributed by atoms with Gasteiger partial charge in [0.2, 0.25) is 0 Å². The summed E-state index contributed by atoms with van der Waals surface area (Å²) in [6.45, 7) is 1.36. The van der Waals surface area contributed by atoms with E-state index in [1.165, 1.54) is 13.0 Å². The number of ether oxygens (including phenoxy) is 1. The van der Waals surface area contributed by atoms with Crippen LogP contribution in [0.15, 0.2) is 17.0 Å². The van der Waals surface area contributed by atoms with E-state index in [9.17, 15) is 31.1 Å². The van der Waals surface area contributed by atoms with Gasteiger partial charge in [0.1, 0.15) is 6.07 Å². The van der Waals surface area contributed by atoms with Gasteiger partial charge in [0.15, 0.2) is 0 Å². The highest BCUT2D eigenvalue weighted by Gasteiger charge is 2.36. The predicted octanol–water partition coefficient (Wildman–Crippen LogP) is 4.29. The molecule has 23 heavy (non-hydrogen) atoms. The van der Waals surface area contributed by atoms with Crippen LogP contribution in [-0.4, -0.2) is 18.1 Å². The van der Waals surface area contributed by atoms with Crippen molar-refractivity contribution in [3.8, 4) is 6.07 Å². The molecule has 1 aromatic rings. The lowest BCUT2D eigenvalue weighted by Gasteiger charge is -2.16. The van der Waals surface area contributed by atoms with Crippen LogP contribution < -0.4 is 0 Å². The minimum absolute atomic E-state index is 0.0787. The molecule has 0 saturated heterocycles. The lowest BCUT2D eigenvalue weighted by Crippen LogP contribution is -2.13. The Morgan fingerprint density at radius 3 is 2.30 bits per heavy atom. The second-order valence-electron chi connectivity index (χ2n) is 4.15. The lowest BCUT2D eigenvalue weighted by atomic mass is 10.0. The largest absolute Gasteiger partial charge is 0.466 e. The van der Waals surface area contributed by atoms with E-state index in [4.69, 9.17) is 5.26 Å². The maximum atomic E-state index is 12.8. The van der Waals surface area contributed by atoms with E-state index in [-0.39, 0.29) is 6.61 Å². The number of esters is 1. The first-order valence-corrected chi connectivity index (χ1v) is 6.85. The number of thioether (sulfide) groups is 1. The number of alkyl halides is 6. The summed E-state index contributed by atoms with van der Waals surface area (Å²) in [5, 5.41) is 8.85. The second-order valence-corrected chi connectivity index (χ2v) is 5.23. The Balaban J connectivity index is 3.45. The molecule has 1 rings (SSSR count). The smallest absolute Gasteiger partial charge is 0.446 e. The topological polar surface area (TPSA) is 50.1 Å². The molecular weight excluding hydrogens is 348 g/mol. The molecule has 0 saturated carbocycles. The summed E-state index contributed by atoms with van der Waals surface area (Å²) in [6, 6.07) is 2.05. The Morgan fingerprint density at radius 1 is 1.26 bits per heavy atom. The van der Waals surface area contributed by atoms with Gasteiger partial charge in [-0.1, -0.05) is 0 Å². The van der Waals surface area contributed by atoms with Crippen molar-refractivity contribution in [3.05, 3.63) is 28.8 Å². The van der Waals surface area contributed by atoms with Gasteiger partial charge in [-0.05, 0) is 36.4 Å². The average Bonchev–Trinajstić information content (AvgIpc) is 2.37. The van der Waals surface area contributed by atoms with E-state index >= 15 is 0 Å². The normalized spacial score (nSPS) is 11.9. The molecule has 0 heterocycles. The van der Waals surface area contributed by atoms with Crippen molar-refractivity contribution in [3.63, 3.8) is 0 Å². The SMILES string of the molecule is CCOC(=O)Cc1cc(C(F)(F)F)cc(C#N)c1SC(F)(F)F. The number of benzene rings is 1. The molecule has 0 aromatic heterocycles. The number of carbonyl (C=O) groups is 1. The van der Waals surface area contributed by atoms with Crippen LogP contribution in [0.25, 0.3) is 0 Å². The van der Waals surface area contributed by atoms with Gasteiger partial charge in [-0.25, -0.2) is 0 Å². The lowest BCUT2D eigenvalue weighted by molar-refractivity contribution is -0.142. The molecule has 0 unspecified atom stereocenters. The van der Waals surface area contributed by atoms with Gasteiger partial charge in [-0.3, -0.25) is 4.79 Å². The molecular formula is C13H9F6NO2S. The molecule has 0 atom stereocenters. The van der Waals surface area contributed by atoms with Crippen molar-refractivity contribution >= 4 is 17.7 Å². The molecule has 1 aromatic carbocycles. The molecule has 3 nitrogen and oxygen atoms in total. The summed E-state index contributed by atoms with van der Waals surface area (Å²) in [5.41, 5.74) is -7.49. The fraction of sp³-hybridized carbons (Fsp3) is 0.385. The van der Waals surface area contributed by atoms with Crippen molar-refractivity contribution in [2.24, 2.45) is 0 Å². The zero-order valence-corrected chi connectivity index (χ0v) is 12.3. The Labute approximate surface area is 131 Å². The average molecular weight is 357 g/mol. The van der Waals surface area contributed by atoms with Crippen LogP contribution in [0.4, 0.5) is 26.3 Å². The molecule has 0 fully saturated rings. The van der Waals surface area contributed by atoms with Crippen molar-refractivity contribution in [1.29, 1.82) is 5.26 Å². The van der Waals surface area contributed by atoms with Crippen LogP contribution in [0.2, 0.25) is 0 Å². The predicted molar refractivity (Wildman–Crippen MR) is 68.4 cm³/mol. The Bertz CT molecular complexity index is 633. The summed E-state index contributed by atoms with van der Waals surface area (Å²) < 4.78 is 80.6. The molecule has 0 aliphatic heterocycles. The Kier molecular flexibility index (Phi) is 5.93. The van der Waals surface area contributed by atoms with E-state index in [0.717, 1.165) is 0 Å². The molecule has 126 valence electrons. The van der Waals surface area contributed by atoms with Gasteiger partial charge in [-0.15, -0.1) is 0 Å². The molecule has 0 bridgehead atoms. The molecule has 10 heteroatoms. The van der Waals surface area contributed by atoms with Crippen LogP contribution in [-0.2, 0) is 22.1 Å². The maximum absolute atomic E-state index is 12.8. The molecule has 0 spiro atoms. The zero-order chi connectivity index (χ0) is 17.8. The van der Waals surface area contributed by atoms with Gasteiger partial charge in [0.25, 0.3) is 0 Å². The fourth-order valence-corrected chi connectivity index (χ4v) is 2.38. The van der Waals surface area contributed by atoms with Crippen LogP contribution >= 0.6 is 11.8 Å². The minimum Gasteiger partial charge on any atom is -0.466 e. The van der Waals surface area contributed by atoms with Crippen molar-refractivity contribution in [2.75, 3.05) is 6.61 Å². The number of nitrogens with zero attached hydrogens (tertiary/aromatic N) is 1. The summed E-state index contributed by atoms with van der Waals surface area (Å²) >= 11 is -0.740. The first-order valence-electron chi connectivity index (χ1n) is 6.03. The van der Waals surface area contributed by atoms with E-state index in [2.05, 4.69) is 4.74 Å². The summed E-state index contributed by atoms with van der Waals surface area (Å²) in [7, 11) is 0. The zero-order valence-electron chi connectivity index (χ0n) is 11.5. The van der Waals surface area contributed by atoms with Crippen molar-refractivity contribution in [2.45, 2.75) is 29.9 Å². The van der Waals surface area contributed by atoms with Crippen LogP contribution in [0, 0.1) is 11.3 Å². The van der Waals surface area contributed by atoms with Crippen LogP contribution in [0.5, 0.6) is 0 Å². The number of nitriles is 1. The number of hydrogen-bond acceptors (Lipinski definition) is 4. The van der Waals surface area contributed by atoms with E-state index in [1.807, 2.05) is 0 Å². The van der Waals surface area contributed by atoms with Gasteiger partial charge >= 0.3 is 17.7 Å². The van der Waals surface area contributed by atoms with Crippen LogP contribution in [0.1, 0.15) is 23.6 Å². The summed E-state index contributed by atoms with van der Waals surface area (Å²) in [4.78, 5) is 10.7. The highest BCUT2D eigenvalue weighted by Crippen LogP contribution is 2.42. The third-order valence-corrected chi connectivity index (χ3v) is 3.39. The highest BCUT2D eigenvalue weighted by molar-refractivity contribution is 8.00. The van der Waals surface area contributed by atoms with Crippen molar-refractivity contribution in [1.82, 2.24) is 0 Å². The first kappa shape index (κ1) is 19.2. The highest BCUT2D eigenvalue weighted by atomic mass is 32.2. The second kappa shape index (κ2) is 7.12.